The zero-order chi connectivity index (χ0) is 12.3. The molecule has 0 aliphatic heterocycles. The molecular formula is C13H8BrClOS. The van der Waals surface area contributed by atoms with Gasteiger partial charge >= 0.3 is 0 Å². The van der Waals surface area contributed by atoms with E-state index in [4.69, 9.17) is 11.6 Å². The number of aldehydes is 1. The summed E-state index contributed by atoms with van der Waals surface area (Å²) >= 11 is 11.1. The van der Waals surface area contributed by atoms with Crippen LogP contribution in [0.25, 0.3) is 0 Å². The molecule has 0 atom stereocenters. The monoisotopic (exact) mass is 326 g/mol. The molecule has 4 heteroatoms. The van der Waals surface area contributed by atoms with Crippen molar-refractivity contribution in [1.29, 1.82) is 0 Å². The highest BCUT2D eigenvalue weighted by Gasteiger charge is 2.09. The van der Waals surface area contributed by atoms with Crippen LogP contribution in [0.2, 0.25) is 5.02 Å². The van der Waals surface area contributed by atoms with Crippen molar-refractivity contribution >= 4 is 45.6 Å². The molecule has 1 nitrogen and oxygen atoms in total. The maximum Gasteiger partial charge on any atom is 0.151 e. The molecule has 0 aromatic heterocycles. The van der Waals surface area contributed by atoms with E-state index >= 15 is 0 Å². The van der Waals surface area contributed by atoms with E-state index in [9.17, 15) is 4.79 Å². The van der Waals surface area contributed by atoms with Gasteiger partial charge in [0.25, 0.3) is 0 Å². The fourth-order valence-corrected chi connectivity index (χ4v) is 3.12. The fraction of sp³-hybridized carbons (Fsp3) is 0. The molecule has 0 amide bonds. The summed E-state index contributed by atoms with van der Waals surface area (Å²) in [6.45, 7) is 0. The Balaban J connectivity index is 2.43. The largest absolute Gasteiger partial charge is 0.298 e. The molecule has 0 fully saturated rings. The Kier molecular flexibility index (Phi) is 4.26. The van der Waals surface area contributed by atoms with Gasteiger partial charge in [0.1, 0.15) is 0 Å². The van der Waals surface area contributed by atoms with Crippen LogP contribution in [0, 0.1) is 0 Å². The van der Waals surface area contributed by atoms with Gasteiger partial charge < -0.3 is 0 Å². The minimum atomic E-state index is 0.593. The van der Waals surface area contributed by atoms with Crippen molar-refractivity contribution in [3.8, 4) is 0 Å². The van der Waals surface area contributed by atoms with Gasteiger partial charge in [-0.3, -0.25) is 4.79 Å². The minimum Gasteiger partial charge on any atom is -0.298 e. The molecule has 0 N–H and O–H groups in total. The Bertz CT molecular complexity index is 557. The molecule has 0 aliphatic rings. The van der Waals surface area contributed by atoms with Gasteiger partial charge in [-0.2, -0.15) is 0 Å². The molecule has 0 heterocycles. The summed E-state index contributed by atoms with van der Waals surface area (Å²) in [5, 5.41) is 0.593. The lowest BCUT2D eigenvalue weighted by molar-refractivity contribution is 0.112. The van der Waals surface area contributed by atoms with Gasteiger partial charge in [-0.25, -0.2) is 0 Å². The van der Waals surface area contributed by atoms with E-state index in [1.165, 1.54) is 11.8 Å². The van der Waals surface area contributed by atoms with E-state index in [0.29, 0.717) is 10.6 Å². The van der Waals surface area contributed by atoms with Crippen molar-refractivity contribution in [2.24, 2.45) is 0 Å². The molecule has 2 aromatic carbocycles. The molecular weight excluding hydrogens is 320 g/mol. The second kappa shape index (κ2) is 5.71. The summed E-state index contributed by atoms with van der Waals surface area (Å²) in [4.78, 5) is 12.8. The lowest BCUT2D eigenvalue weighted by atomic mass is 10.2. The summed E-state index contributed by atoms with van der Waals surface area (Å²) in [7, 11) is 0. The van der Waals surface area contributed by atoms with Gasteiger partial charge in [-0.05, 0) is 34.1 Å². The third-order valence-electron chi connectivity index (χ3n) is 2.17. The van der Waals surface area contributed by atoms with Crippen LogP contribution in [0.15, 0.2) is 56.7 Å². The van der Waals surface area contributed by atoms with Crippen LogP contribution < -0.4 is 0 Å². The van der Waals surface area contributed by atoms with Crippen LogP contribution in [0.4, 0.5) is 0 Å². The molecule has 0 saturated heterocycles. The number of carbonyl (C=O) groups is 1. The molecule has 0 saturated carbocycles. The summed E-state index contributed by atoms with van der Waals surface area (Å²) in [5.74, 6) is 0. The Morgan fingerprint density at radius 3 is 2.59 bits per heavy atom. The Hall–Kier alpha value is -0.770. The summed E-state index contributed by atoms with van der Waals surface area (Å²) in [6, 6.07) is 13.2. The van der Waals surface area contributed by atoms with E-state index < -0.39 is 0 Å². The molecule has 86 valence electrons. The van der Waals surface area contributed by atoms with Crippen LogP contribution >= 0.6 is 39.3 Å². The highest BCUT2D eigenvalue weighted by atomic mass is 79.9. The number of carbonyl (C=O) groups excluding carboxylic acids is 1. The van der Waals surface area contributed by atoms with Crippen LogP contribution in [-0.2, 0) is 0 Å². The standard InChI is InChI=1S/C13H8BrClOS/c14-10-5-1-2-7-12(10)17-13-9(8-16)4-3-6-11(13)15/h1-8H. The van der Waals surface area contributed by atoms with Crippen molar-refractivity contribution < 1.29 is 4.79 Å². The maximum atomic E-state index is 11.0. The Morgan fingerprint density at radius 1 is 1.12 bits per heavy atom. The molecule has 17 heavy (non-hydrogen) atoms. The van der Waals surface area contributed by atoms with E-state index in [-0.39, 0.29) is 0 Å². The first-order valence-electron chi connectivity index (χ1n) is 4.88. The number of rotatable bonds is 3. The van der Waals surface area contributed by atoms with E-state index in [0.717, 1.165) is 20.5 Å². The maximum absolute atomic E-state index is 11.0. The SMILES string of the molecule is O=Cc1cccc(Cl)c1Sc1ccccc1Br. The molecule has 2 aromatic rings. The number of halogens is 2. The lowest BCUT2D eigenvalue weighted by Gasteiger charge is -2.08. The molecule has 2 rings (SSSR count). The zero-order valence-corrected chi connectivity index (χ0v) is 11.8. The van der Waals surface area contributed by atoms with Gasteiger partial charge in [0, 0.05) is 19.8 Å². The first-order valence-corrected chi connectivity index (χ1v) is 6.87. The van der Waals surface area contributed by atoms with E-state index in [1.54, 1.807) is 18.2 Å². The fourth-order valence-electron chi connectivity index (χ4n) is 1.36. The highest BCUT2D eigenvalue weighted by Crippen LogP contribution is 2.38. The van der Waals surface area contributed by atoms with Crippen molar-refractivity contribution in [2.75, 3.05) is 0 Å². The Labute approximate surface area is 117 Å². The Morgan fingerprint density at radius 2 is 1.88 bits per heavy atom. The van der Waals surface area contributed by atoms with Crippen molar-refractivity contribution in [3.05, 3.63) is 57.5 Å². The first-order chi connectivity index (χ1) is 8.22. The minimum absolute atomic E-state index is 0.593. The highest BCUT2D eigenvalue weighted by molar-refractivity contribution is 9.10. The number of benzene rings is 2. The van der Waals surface area contributed by atoms with Crippen molar-refractivity contribution in [1.82, 2.24) is 0 Å². The molecule has 0 radical (unpaired) electrons. The molecule has 0 bridgehead atoms. The topological polar surface area (TPSA) is 17.1 Å². The van der Waals surface area contributed by atoms with Crippen molar-refractivity contribution in [2.45, 2.75) is 9.79 Å². The smallest absolute Gasteiger partial charge is 0.151 e. The van der Waals surface area contributed by atoms with Crippen molar-refractivity contribution in [3.63, 3.8) is 0 Å². The third kappa shape index (κ3) is 2.92. The normalized spacial score (nSPS) is 10.2. The predicted molar refractivity (Wildman–Crippen MR) is 75.1 cm³/mol. The van der Waals surface area contributed by atoms with Gasteiger partial charge in [0.2, 0.25) is 0 Å². The summed E-state index contributed by atoms with van der Waals surface area (Å²) in [5.41, 5.74) is 0.609. The molecule has 0 spiro atoms. The molecule has 0 aliphatic carbocycles. The van der Waals surface area contributed by atoms with Gasteiger partial charge in [-0.15, -0.1) is 0 Å². The predicted octanol–water partition coefficient (Wildman–Crippen LogP) is 5.07. The van der Waals surface area contributed by atoms with Gasteiger partial charge in [0.15, 0.2) is 6.29 Å². The van der Waals surface area contributed by atoms with Gasteiger partial charge in [-0.1, -0.05) is 47.6 Å². The zero-order valence-electron chi connectivity index (χ0n) is 8.69. The summed E-state index contributed by atoms with van der Waals surface area (Å²) in [6.07, 6.45) is 0.824. The first kappa shape index (κ1) is 12.7. The second-order valence-corrected chi connectivity index (χ2v) is 5.62. The van der Waals surface area contributed by atoms with Crippen LogP contribution in [0.3, 0.4) is 0 Å². The average Bonchev–Trinajstić information content (AvgIpc) is 2.34. The van der Waals surface area contributed by atoms with E-state index in [2.05, 4.69) is 15.9 Å². The number of hydrogen-bond donors (Lipinski definition) is 0. The van der Waals surface area contributed by atoms with Crippen LogP contribution in [0.5, 0.6) is 0 Å². The van der Waals surface area contributed by atoms with E-state index in [1.807, 2.05) is 24.3 Å². The van der Waals surface area contributed by atoms with Crippen LogP contribution in [-0.4, -0.2) is 6.29 Å². The number of hydrogen-bond acceptors (Lipinski definition) is 2. The molecule has 0 unspecified atom stereocenters. The second-order valence-electron chi connectivity index (χ2n) is 3.31. The summed E-state index contributed by atoms with van der Waals surface area (Å²) < 4.78 is 0.988. The van der Waals surface area contributed by atoms with Crippen LogP contribution in [0.1, 0.15) is 10.4 Å². The van der Waals surface area contributed by atoms with Gasteiger partial charge in [0.05, 0.1) is 5.02 Å². The quantitative estimate of drug-likeness (QED) is 0.732. The third-order valence-corrected chi connectivity index (χ3v) is 4.79. The average molecular weight is 328 g/mol. The lowest BCUT2D eigenvalue weighted by Crippen LogP contribution is -1.86.